The molecule has 0 atom stereocenters. The Kier molecular flexibility index (Phi) is 3.72. The zero-order valence-electron chi connectivity index (χ0n) is 8.85. The first-order valence-corrected chi connectivity index (χ1v) is 5.78. The van der Waals surface area contributed by atoms with Crippen LogP contribution in [0.4, 0.5) is 5.95 Å². The molecule has 17 heavy (non-hydrogen) atoms. The van der Waals surface area contributed by atoms with Gasteiger partial charge in [-0.1, -0.05) is 34.1 Å². The third kappa shape index (κ3) is 3.29. The van der Waals surface area contributed by atoms with Gasteiger partial charge in [0.2, 0.25) is 5.95 Å². The molecule has 0 fully saturated rings. The Labute approximate surface area is 107 Å². The number of carbonyl (C=O) groups is 1. The number of aromatic nitrogens is 2. The average Bonchev–Trinajstić information content (AvgIpc) is 2.81. The van der Waals surface area contributed by atoms with Gasteiger partial charge in [-0.05, 0) is 17.7 Å². The molecule has 1 heterocycles. The third-order valence-electron chi connectivity index (χ3n) is 2.06. The second kappa shape index (κ2) is 5.45. The van der Waals surface area contributed by atoms with Crippen LogP contribution in [-0.4, -0.2) is 15.9 Å². The van der Waals surface area contributed by atoms with Gasteiger partial charge in [0.15, 0.2) is 0 Å². The molecule has 1 amide bonds. The molecule has 86 valence electrons. The summed E-state index contributed by atoms with van der Waals surface area (Å²) in [6, 6.07) is 7.67. The standard InChI is InChI=1S/C12H10BrN3O/c13-10-4-2-1-3-9(10)5-6-11(17)16-12-14-7-8-15-12/h1-8H,(H2,14,15,16,17). The molecular formula is C12H10BrN3O. The molecule has 0 radical (unpaired) electrons. The van der Waals surface area contributed by atoms with E-state index in [-0.39, 0.29) is 5.91 Å². The number of nitrogens with one attached hydrogen (secondary N) is 2. The average molecular weight is 292 g/mol. The lowest BCUT2D eigenvalue weighted by molar-refractivity contribution is -0.111. The number of hydrogen-bond donors (Lipinski definition) is 2. The van der Waals surface area contributed by atoms with Gasteiger partial charge in [-0.25, -0.2) is 4.98 Å². The smallest absolute Gasteiger partial charge is 0.250 e. The van der Waals surface area contributed by atoms with Crippen LogP contribution in [0.1, 0.15) is 5.56 Å². The molecule has 0 unspecified atom stereocenters. The van der Waals surface area contributed by atoms with Gasteiger partial charge in [0.1, 0.15) is 0 Å². The highest BCUT2D eigenvalue weighted by molar-refractivity contribution is 9.10. The Balaban J connectivity index is 2.01. The van der Waals surface area contributed by atoms with Crippen LogP contribution in [0.25, 0.3) is 6.08 Å². The highest BCUT2D eigenvalue weighted by Gasteiger charge is 1.99. The molecule has 1 aromatic heterocycles. The van der Waals surface area contributed by atoms with Gasteiger partial charge < -0.3 is 4.98 Å². The SMILES string of the molecule is O=C(C=Cc1ccccc1Br)Nc1ncc[nH]1. The minimum atomic E-state index is -0.226. The van der Waals surface area contributed by atoms with Crippen molar-refractivity contribution in [3.63, 3.8) is 0 Å². The Morgan fingerprint density at radius 2 is 2.24 bits per heavy atom. The van der Waals surface area contributed by atoms with Crippen molar-refractivity contribution < 1.29 is 4.79 Å². The summed E-state index contributed by atoms with van der Waals surface area (Å²) in [5.41, 5.74) is 0.946. The van der Waals surface area contributed by atoms with Crippen LogP contribution in [0.15, 0.2) is 47.2 Å². The third-order valence-corrected chi connectivity index (χ3v) is 2.78. The number of aromatic amines is 1. The lowest BCUT2D eigenvalue weighted by atomic mass is 10.2. The fourth-order valence-electron chi connectivity index (χ4n) is 1.27. The van der Waals surface area contributed by atoms with Gasteiger partial charge in [-0.3, -0.25) is 10.1 Å². The number of nitrogens with zero attached hydrogens (tertiary/aromatic N) is 1. The van der Waals surface area contributed by atoms with Gasteiger partial charge in [0.05, 0.1) is 0 Å². The van der Waals surface area contributed by atoms with Crippen LogP contribution in [0.5, 0.6) is 0 Å². The largest absolute Gasteiger partial charge is 0.331 e. The predicted molar refractivity (Wildman–Crippen MR) is 70.4 cm³/mol. The summed E-state index contributed by atoms with van der Waals surface area (Å²) in [5, 5.41) is 2.60. The summed E-state index contributed by atoms with van der Waals surface area (Å²) >= 11 is 3.41. The molecule has 0 aliphatic heterocycles. The van der Waals surface area contributed by atoms with E-state index in [0.29, 0.717) is 5.95 Å². The zero-order valence-corrected chi connectivity index (χ0v) is 10.4. The quantitative estimate of drug-likeness (QED) is 0.855. The van der Waals surface area contributed by atoms with Crippen molar-refractivity contribution in [1.82, 2.24) is 9.97 Å². The second-order valence-electron chi connectivity index (χ2n) is 3.28. The number of anilines is 1. The summed E-state index contributed by atoms with van der Waals surface area (Å²) < 4.78 is 0.946. The van der Waals surface area contributed by atoms with E-state index in [2.05, 4.69) is 31.2 Å². The van der Waals surface area contributed by atoms with E-state index >= 15 is 0 Å². The molecule has 1 aromatic carbocycles. The second-order valence-corrected chi connectivity index (χ2v) is 4.14. The van der Waals surface area contributed by atoms with Crippen LogP contribution >= 0.6 is 15.9 Å². The molecule has 0 saturated carbocycles. The highest BCUT2D eigenvalue weighted by atomic mass is 79.9. The molecule has 0 aliphatic rings. The number of amides is 1. The molecule has 4 nitrogen and oxygen atoms in total. The maximum absolute atomic E-state index is 11.5. The van der Waals surface area contributed by atoms with Crippen LogP contribution in [0.3, 0.4) is 0 Å². The van der Waals surface area contributed by atoms with Crippen molar-refractivity contribution in [1.29, 1.82) is 0 Å². The fraction of sp³-hybridized carbons (Fsp3) is 0. The highest BCUT2D eigenvalue weighted by Crippen LogP contribution is 2.17. The molecule has 2 aromatic rings. The summed E-state index contributed by atoms with van der Waals surface area (Å²) in [6.07, 6.45) is 6.42. The lowest BCUT2D eigenvalue weighted by Gasteiger charge is -1.98. The van der Waals surface area contributed by atoms with Gasteiger partial charge >= 0.3 is 0 Å². The monoisotopic (exact) mass is 291 g/mol. The van der Waals surface area contributed by atoms with Crippen LogP contribution < -0.4 is 5.32 Å². The van der Waals surface area contributed by atoms with Crippen molar-refractivity contribution in [2.75, 3.05) is 5.32 Å². The van der Waals surface area contributed by atoms with Crippen molar-refractivity contribution in [2.24, 2.45) is 0 Å². The van der Waals surface area contributed by atoms with Gasteiger partial charge in [0.25, 0.3) is 5.91 Å². The molecule has 0 saturated heterocycles. The van der Waals surface area contributed by atoms with Crippen LogP contribution in [0, 0.1) is 0 Å². The van der Waals surface area contributed by atoms with Gasteiger partial charge in [0, 0.05) is 22.9 Å². The van der Waals surface area contributed by atoms with E-state index in [1.807, 2.05) is 24.3 Å². The number of hydrogen-bond acceptors (Lipinski definition) is 2. The normalized spacial score (nSPS) is 10.6. The van der Waals surface area contributed by atoms with E-state index in [9.17, 15) is 4.79 Å². The first-order valence-electron chi connectivity index (χ1n) is 4.98. The maximum Gasteiger partial charge on any atom is 0.250 e. The number of H-pyrrole nitrogens is 1. The summed E-state index contributed by atoms with van der Waals surface area (Å²) in [4.78, 5) is 18.2. The topological polar surface area (TPSA) is 57.8 Å². The summed E-state index contributed by atoms with van der Waals surface area (Å²) in [7, 11) is 0. The Morgan fingerprint density at radius 1 is 1.41 bits per heavy atom. The van der Waals surface area contributed by atoms with Crippen LogP contribution in [-0.2, 0) is 4.79 Å². The summed E-state index contributed by atoms with van der Waals surface area (Å²) in [6.45, 7) is 0. The molecule has 0 aliphatic carbocycles. The van der Waals surface area contributed by atoms with E-state index in [1.165, 1.54) is 6.08 Å². The Morgan fingerprint density at radius 3 is 2.94 bits per heavy atom. The van der Waals surface area contributed by atoms with Crippen molar-refractivity contribution >= 4 is 33.9 Å². The minimum Gasteiger partial charge on any atom is -0.331 e. The first kappa shape index (κ1) is 11.6. The molecule has 2 N–H and O–H groups in total. The Hall–Kier alpha value is -1.88. The van der Waals surface area contributed by atoms with Crippen molar-refractivity contribution in [2.45, 2.75) is 0 Å². The van der Waals surface area contributed by atoms with E-state index < -0.39 is 0 Å². The van der Waals surface area contributed by atoms with Crippen molar-refractivity contribution in [3.05, 3.63) is 52.8 Å². The summed E-state index contributed by atoms with van der Waals surface area (Å²) in [5.74, 6) is 0.211. The number of benzene rings is 1. The van der Waals surface area contributed by atoms with E-state index in [1.54, 1.807) is 18.5 Å². The van der Waals surface area contributed by atoms with Gasteiger partial charge in [-0.15, -0.1) is 0 Å². The van der Waals surface area contributed by atoms with E-state index in [0.717, 1.165) is 10.0 Å². The lowest BCUT2D eigenvalue weighted by Crippen LogP contribution is -2.08. The Bertz CT molecular complexity index is 534. The van der Waals surface area contributed by atoms with Crippen LogP contribution in [0.2, 0.25) is 0 Å². The number of imidazole rings is 1. The minimum absolute atomic E-state index is 0.226. The van der Waals surface area contributed by atoms with E-state index in [4.69, 9.17) is 0 Å². The molecule has 2 rings (SSSR count). The fourth-order valence-corrected chi connectivity index (χ4v) is 1.68. The molecule has 0 spiro atoms. The maximum atomic E-state index is 11.5. The molecular weight excluding hydrogens is 282 g/mol. The molecule has 5 heteroatoms. The number of halogens is 1. The predicted octanol–water partition coefficient (Wildman–Crippen LogP) is 2.82. The number of carbonyl (C=O) groups excluding carboxylic acids is 1. The number of rotatable bonds is 3. The first-order chi connectivity index (χ1) is 8.25. The zero-order chi connectivity index (χ0) is 12.1. The van der Waals surface area contributed by atoms with Crippen molar-refractivity contribution in [3.8, 4) is 0 Å². The molecule has 0 bridgehead atoms. The van der Waals surface area contributed by atoms with Gasteiger partial charge in [-0.2, -0.15) is 0 Å².